The lowest BCUT2D eigenvalue weighted by Crippen LogP contribution is -2.28. The minimum Gasteiger partial charge on any atom is -0.399 e. The van der Waals surface area contributed by atoms with Crippen LogP contribution in [0.3, 0.4) is 0 Å². The number of halogens is 2. The Morgan fingerprint density at radius 1 is 1.29 bits per heavy atom. The Morgan fingerprint density at radius 3 is 2.53 bits per heavy atom. The van der Waals surface area contributed by atoms with E-state index in [-0.39, 0.29) is 28.6 Å². The number of nitrogens with two attached hydrogens (primary N) is 2. The normalized spacial score (nSPS) is 10.0. The summed E-state index contributed by atoms with van der Waals surface area (Å²) in [5, 5.41) is 2.81. The lowest BCUT2D eigenvalue weighted by molar-refractivity contribution is -0.117. The summed E-state index contributed by atoms with van der Waals surface area (Å²) in [7, 11) is 0. The quantitative estimate of drug-likeness (QED) is 0.720. The molecule has 0 saturated carbocycles. The van der Waals surface area contributed by atoms with Crippen LogP contribution in [0.15, 0.2) is 12.1 Å². The summed E-state index contributed by atoms with van der Waals surface area (Å²) in [6.45, 7) is 0.136. The summed E-state index contributed by atoms with van der Waals surface area (Å²) < 4.78 is 0. The number of rotatable bonds is 4. The van der Waals surface area contributed by atoms with Crippen LogP contribution in [0.5, 0.6) is 0 Å². The zero-order valence-electron chi connectivity index (χ0n) is 8.80. The van der Waals surface area contributed by atoms with Gasteiger partial charge in [-0.2, -0.15) is 0 Å². The lowest BCUT2D eigenvalue weighted by atomic mass is 10.2. The number of nitrogens with one attached hydrogen (secondary N) is 1. The molecule has 1 aromatic carbocycles. The molecule has 1 aromatic rings. The molecule has 92 valence electrons. The molecule has 2 amide bonds. The highest BCUT2D eigenvalue weighted by Gasteiger charge is 2.13. The molecule has 1 rings (SSSR count). The fraction of sp³-hybridized carbons (Fsp3) is 0.200. The van der Waals surface area contributed by atoms with E-state index in [9.17, 15) is 9.59 Å². The van der Waals surface area contributed by atoms with Crippen LogP contribution in [0.2, 0.25) is 10.0 Å². The smallest absolute Gasteiger partial charge is 0.252 e. The van der Waals surface area contributed by atoms with Crippen molar-refractivity contribution in [1.82, 2.24) is 5.32 Å². The molecule has 0 aliphatic heterocycles. The number of hydrogen-bond acceptors (Lipinski definition) is 3. The van der Waals surface area contributed by atoms with Crippen LogP contribution in [0.1, 0.15) is 16.8 Å². The van der Waals surface area contributed by atoms with Crippen LogP contribution >= 0.6 is 23.2 Å². The molecule has 0 fully saturated rings. The van der Waals surface area contributed by atoms with Gasteiger partial charge in [-0.05, 0) is 12.1 Å². The van der Waals surface area contributed by atoms with Gasteiger partial charge >= 0.3 is 0 Å². The monoisotopic (exact) mass is 275 g/mol. The molecule has 7 heteroatoms. The van der Waals surface area contributed by atoms with Crippen molar-refractivity contribution in [3.63, 3.8) is 0 Å². The lowest BCUT2D eigenvalue weighted by Gasteiger charge is -2.08. The van der Waals surface area contributed by atoms with Gasteiger partial charge in [0.05, 0.1) is 15.6 Å². The van der Waals surface area contributed by atoms with E-state index in [0.29, 0.717) is 5.69 Å². The molecule has 0 bridgehead atoms. The minimum absolute atomic E-state index is 0.0550. The number of hydrogen-bond donors (Lipinski definition) is 3. The van der Waals surface area contributed by atoms with Crippen molar-refractivity contribution in [3.05, 3.63) is 27.7 Å². The van der Waals surface area contributed by atoms with E-state index in [2.05, 4.69) is 5.32 Å². The van der Waals surface area contributed by atoms with E-state index in [1.807, 2.05) is 0 Å². The van der Waals surface area contributed by atoms with Gasteiger partial charge in [-0.25, -0.2) is 0 Å². The second kappa shape index (κ2) is 5.75. The van der Waals surface area contributed by atoms with E-state index in [1.54, 1.807) is 0 Å². The number of benzene rings is 1. The summed E-state index contributed by atoms with van der Waals surface area (Å²) in [4.78, 5) is 22.2. The number of amides is 2. The Balaban J connectivity index is 2.78. The minimum atomic E-state index is -0.498. The Bertz CT molecular complexity index is 463. The third-order valence-electron chi connectivity index (χ3n) is 1.95. The Hall–Kier alpha value is -1.46. The second-order valence-corrected chi connectivity index (χ2v) is 4.12. The van der Waals surface area contributed by atoms with Crippen LogP contribution in [-0.4, -0.2) is 18.4 Å². The molecule has 0 heterocycles. The maximum Gasteiger partial charge on any atom is 0.252 e. The fourth-order valence-corrected chi connectivity index (χ4v) is 1.59. The van der Waals surface area contributed by atoms with E-state index < -0.39 is 11.8 Å². The van der Waals surface area contributed by atoms with Crippen molar-refractivity contribution in [2.24, 2.45) is 5.73 Å². The maximum absolute atomic E-state index is 11.7. The van der Waals surface area contributed by atoms with Crippen molar-refractivity contribution in [3.8, 4) is 0 Å². The summed E-state index contributed by atoms with van der Waals surface area (Å²) in [6, 6.07) is 2.86. The molecule has 5 N–H and O–H groups in total. The summed E-state index contributed by atoms with van der Waals surface area (Å²) in [5.41, 5.74) is 11.0. The number of carbonyl (C=O) groups excluding carboxylic acids is 2. The van der Waals surface area contributed by atoms with Gasteiger partial charge < -0.3 is 16.8 Å². The highest BCUT2D eigenvalue weighted by atomic mass is 35.5. The Morgan fingerprint density at radius 2 is 1.94 bits per heavy atom. The van der Waals surface area contributed by atoms with Crippen LogP contribution in [0.4, 0.5) is 5.69 Å². The van der Waals surface area contributed by atoms with Gasteiger partial charge in [0.1, 0.15) is 0 Å². The maximum atomic E-state index is 11.7. The highest BCUT2D eigenvalue weighted by Crippen LogP contribution is 2.28. The first-order valence-electron chi connectivity index (χ1n) is 4.73. The van der Waals surface area contributed by atoms with Gasteiger partial charge in [0, 0.05) is 18.7 Å². The molecule has 0 saturated heterocycles. The molecule has 17 heavy (non-hydrogen) atoms. The first kappa shape index (κ1) is 13.6. The summed E-state index contributed by atoms with van der Waals surface area (Å²) in [5.74, 6) is -0.951. The van der Waals surface area contributed by atoms with Gasteiger partial charge in [0.2, 0.25) is 5.91 Å². The molecule has 0 radical (unpaired) electrons. The number of anilines is 1. The molecule has 5 nitrogen and oxygen atoms in total. The topological polar surface area (TPSA) is 98.2 Å². The highest BCUT2D eigenvalue weighted by molar-refractivity contribution is 6.44. The van der Waals surface area contributed by atoms with Gasteiger partial charge in [-0.15, -0.1) is 0 Å². The number of nitrogen functional groups attached to an aromatic ring is 1. The molecule has 0 aliphatic carbocycles. The van der Waals surface area contributed by atoms with Crippen molar-refractivity contribution in [2.45, 2.75) is 6.42 Å². The SMILES string of the molecule is NC(=O)CCNC(=O)c1cc(N)cc(Cl)c1Cl. The largest absolute Gasteiger partial charge is 0.399 e. The first-order valence-corrected chi connectivity index (χ1v) is 5.48. The molecule has 0 aromatic heterocycles. The Kier molecular flexibility index (Phi) is 4.60. The third-order valence-corrected chi connectivity index (χ3v) is 2.75. The summed E-state index contributed by atoms with van der Waals surface area (Å²) in [6.07, 6.45) is 0.0550. The average Bonchev–Trinajstić information content (AvgIpc) is 2.22. The number of carbonyl (C=O) groups is 2. The molecule has 0 unspecified atom stereocenters. The van der Waals surface area contributed by atoms with Gasteiger partial charge in [-0.3, -0.25) is 9.59 Å². The Labute approximate surface area is 108 Å². The van der Waals surface area contributed by atoms with E-state index in [1.165, 1.54) is 12.1 Å². The average molecular weight is 276 g/mol. The van der Waals surface area contributed by atoms with Crippen LogP contribution in [-0.2, 0) is 4.79 Å². The third kappa shape index (κ3) is 3.80. The second-order valence-electron chi connectivity index (χ2n) is 3.34. The van der Waals surface area contributed by atoms with Crippen LogP contribution < -0.4 is 16.8 Å². The van der Waals surface area contributed by atoms with Crippen LogP contribution in [0.25, 0.3) is 0 Å². The van der Waals surface area contributed by atoms with Crippen molar-refractivity contribution < 1.29 is 9.59 Å². The van der Waals surface area contributed by atoms with E-state index in [4.69, 9.17) is 34.7 Å². The predicted molar refractivity (Wildman–Crippen MR) is 67.0 cm³/mol. The standard InChI is InChI=1S/C10H11Cl2N3O2/c11-7-4-5(13)3-6(9(7)12)10(17)15-2-1-8(14)16/h3-4H,1-2,13H2,(H2,14,16)(H,15,17). The predicted octanol–water partition coefficient (Wildman–Crippen LogP) is 1.18. The fourth-order valence-electron chi connectivity index (χ4n) is 1.17. The molecular weight excluding hydrogens is 265 g/mol. The van der Waals surface area contributed by atoms with Crippen LogP contribution in [0, 0.1) is 0 Å². The molecule has 0 spiro atoms. The molecule has 0 aliphatic rings. The van der Waals surface area contributed by atoms with Crippen molar-refractivity contribution in [1.29, 1.82) is 0 Å². The summed E-state index contributed by atoms with van der Waals surface area (Å²) >= 11 is 11.6. The van der Waals surface area contributed by atoms with Gasteiger partial charge in [0.25, 0.3) is 5.91 Å². The van der Waals surface area contributed by atoms with Crippen molar-refractivity contribution >= 4 is 40.7 Å². The van der Waals surface area contributed by atoms with Gasteiger partial charge in [0.15, 0.2) is 0 Å². The zero-order valence-corrected chi connectivity index (χ0v) is 10.3. The van der Waals surface area contributed by atoms with Crippen molar-refractivity contribution in [2.75, 3.05) is 12.3 Å². The molecular formula is C10H11Cl2N3O2. The first-order chi connectivity index (χ1) is 7.91. The molecule has 0 atom stereocenters. The number of primary amides is 1. The van der Waals surface area contributed by atoms with E-state index >= 15 is 0 Å². The van der Waals surface area contributed by atoms with E-state index in [0.717, 1.165) is 0 Å². The zero-order chi connectivity index (χ0) is 13.0. The van der Waals surface area contributed by atoms with Gasteiger partial charge in [-0.1, -0.05) is 23.2 Å².